The van der Waals surface area contributed by atoms with Gasteiger partial charge >= 0.3 is 0 Å². The minimum atomic E-state index is -1.70. The van der Waals surface area contributed by atoms with E-state index in [4.69, 9.17) is 11.6 Å². The fourth-order valence-corrected chi connectivity index (χ4v) is 5.80. The molecule has 2 N–H and O–H groups in total. The molecule has 0 aliphatic rings. The topological polar surface area (TPSA) is 100 Å². The Labute approximate surface area is 237 Å². The molecule has 0 aliphatic carbocycles. The van der Waals surface area contributed by atoms with Crippen LogP contribution in [-0.4, -0.2) is 55.9 Å². The van der Waals surface area contributed by atoms with Crippen molar-refractivity contribution >= 4 is 50.3 Å². The molecular weight excluding hydrogens is 553 g/mol. The van der Waals surface area contributed by atoms with Crippen molar-refractivity contribution in [3.63, 3.8) is 0 Å². The number of nitrogens with one attached hydrogen (secondary N) is 2. The summed E-state index contributed by atoms with van der Waals surface area (Å²) in [5.74, 6) is -0.924. The summed E-state index contributed by atoms with van der Waals surface area (Å²) in [4.78, 5) is 35.9. The maximum absolute atomic E-state index is 15.0. The molecule has 3 aromatic heterocycles. The van der Waals surface area contributed by atoms with Crippen molar-refractivity contribution in [3.8, 4) is 11.1 Å². The third-order valence-corrected chi connectivity index (χ3v) is 7.95. The summed E-state index contributed by atoms with van der Waals surface area (Å²) in [5.41, 5.74) is 2.22. The molecule has 0 saturated carbocycles. The first-order valence-corrected chi connectivity index (χ1v) is 14.2. The van der Waals surface area contributed by atoms with Gasteiger partial charge in [-0.15, -0.1) is 0 Å². The second kappa shape index (κ2) is 11.3. The number of para-hydroxylation sites is 1. The first-order valence-electron chi connectivity index (χ1n) is 12.5. The van der Waals surface area contributed by atoms with Crippen LogP contribution in [0.5, 0.6) is 0 Å². The van der Waals surface area contributed by atoms with Crippen molar-refractivity contribution in [1.82, 2.24) is 24.2 Å². The van der Waals surface area contributed by atoms with Gasteiger partial charge < -0.3 is 14.5 Å². The van der Waals surface area contributed by atoms with Crippen molar-refractivity contribution in [1.29, 1.82) is 0 Å². The van der Waals surface area contributed by atoms with E-state index in [0.29, 0.717) is 39.7 Å². The van der Waals surface area contributed by atoms with Crippen LogP contribution < -0.4 is 10.3 Å². The highest BCUT2D eigenvalue weighted by Crippen LogP contribution is 2.36. The third kappa shape index (κ3) is 5.42. The van der Waals surface area contributed by atoms with Gasteiger partial charge in [-0.25, -0.2) is 13.6 Å². The monoisotopic (exact) mass is 579 g/mol. The van der Waals surface area contributed by atoms with Crippen LogP contribution in [0.1, 0.15) is 21.6 Å². The molecule has 0 radical (unpaired) electrons. The summed E-state index contributed by atoms with van der Waals surface area (Å²) in [6, 6.07) is 15.6. The first kappa shape index (κ1) is 27.7. The molecule has 1 atom stereocenters. The number of pyridine rings is 2. The number of fused-ring (bicyclic) bond motifs is 2. The van der Waals surface area contributed by atoms with Gasteiger partial charge in [-0.3, -0.25) is 14.3 Å². The zero-order valence-electron chi connectivity index (χ0n) is 22.1. The van der Waals surface area contributed by atoms with Gasteiger partial charge in [0, 0.05) is 40.2 Å². The predicted octanol–water partition coefficient (Wildman–Crippen LogP) is 4.65. The van der Waals surface area contributed by atoms with E-state index < -0.39 is 28.3 Å². The Bertz CT molecular complexity index is 1850. The molecule has 5 aromatic rings. The van der Waals surface area contributed by atoms with E-state index in [1.807, 2.05) is 49.3 Å². The Morgan fingerprint density at radius 2 is 1.95 bits per heavy atom. The van der Waals surface area contributed by atoms with Crippen LogP contribution in [0.3, 0.4) is 0 Å². The maximum atomic E-state index is 15.0. The highest BCUT2D eigenvalue weighted by molar-refractivity contribution is 7.83. The van der Waals surface area contributed by atoms with Gasteiger partial charge in [0.05, 0.1) is 23.3 Å². The number of halogens is 2. The fourth-order valence-electron chi connectivity index (χ4n) is 4.65. The van der Waals surface area contributed by atoms with Crippen LogP contribution in [0.15, 0.2) is 65.6 Å². The zero-order chi connectivity index (χ0) is 28.6. The average Bonchev–Trinajstić information content (AvgIpc) is 3.21. The number of rotatable bonds is 8. The van der Waals surface area contributed by atoms with E-state index in [0.717, 1.165) is 5.39 Å². The van der Waals surface area contributed by atoms with Crippen molar-refractivity contribution in [2.75, 3.05) is 26.4 Å². The average molecular weight is 580 g/mol. The second-order valence-corrected chi connectivity index (χ2v) is 11.4. The smallest absolute Gasteiger partial charge is 0.280 e. The van der Waals surface area contributed by atoms with Gasteiger partial charge in [-0.2, -0.15) is 0 Å². The number of hydrogen-bond acceptors (Lipinski definition) is 5. The summed E-state index contributed by atoms with van der Waals surface area (Å²) < 4.78 is 32.0. The number of nitrogens with zero attached hydrogens (tertiary/aromatic N) is 3. The number of aromatic nitrogens is 3. The lowest BCUT2D eigenvalue weighted by molar-refractivity contribution is 0.0975. The molecule has 0 saturated heterocycles. The highest BCUT2D eigenvalue weighted by Gasteiger charge is 2.28. The number of carbonyl (C=O) groups is 1. The van der Waals surface area contributed by atoms with Crippen molar-refractivity contribution in [2.24, 2.45) is 0 Å². The van der Waals surface area contributed by atoms with Crippen LogP contribution in [0, 0.1) is 12.7 Å². The molecule has 0 fully saturated rings. The van der Waals surface area contributed by atoms with Crippen LogP contribution in [-0.2, 0) is 17.5 Å². The van der Waals surface area contributed by atoms with E-state index in [-0.39, 0.29) is 28.7 Å². The number of amides is 1. The summed E-state index contributed by atoms with van der Waals surface area (Å²) in [6.45, 7) is 2.16. The number of aryl methyl sites for hydroxylation is 1. The zero-order valence-corrected chi connectivity index (χ0v) is 23.7. The Morgan fingerprint density at radius 1 is 1.18 bits per heavy atom. The molecule has 40 heavy (non-hydrogen) atoms. The van der Waals surface area contributed by atoms with Crippen molar-refractivity contribution in [3.05, 3.63) is 98.9 Å². The molecule has 0 spiro atoms. The van der Waals surface area contributed by atoms with E-state index in [1.54, 1.807) is 29.7 Å². The molecule has 0 aliphatic heterocycles. The first-order chi connectivity index (χ1) is 19.1. The molecular formula is C29H27ClFN5O3S. The molecule has 5 rings (SSSR count). The summed E-state index contributed by atoms with van der Waals surface area (Å²) >= 11 is 6.59. The lowest BCUT2D eigenvalue weighted by atomic mass is 10.0. The molecule has 8 nitrogen and oxygen atoms in total. The van der Waals surface area contributed by atoms with E-state index in [2.05, 4.69) is 14.7 Å². The van der Waals surface area contributed by atoms with Gasteiger partial charge in [-0.1, -0.05) is 29.8 Å². The number of benzene rings is 2. The van der Waals surface area contributed by atoms with Gasteiger partial charge in [0.15, 0.2) is 0 Å². The van der Waals surface area contributed by atoms with Crippen LogP contribution in [0.2, 0.25) is 5.15 Å². The number of hydrogen-bond donors (Lipinski definition) is 2. The van der Waals surface area contributed by atoms with Gasteiger partial charge in [0.25, 0.3) is 11.5 Å². The standard InChI is InChI=1S/C29H27ClFN5O3S/c1-17-13-21-24(15-22(17)31)36(16-19-14-18-7-4-5-9-23(18)33-27(19)30)26(25(21)20-8-6-10-32-28(20)37)29(38)34-40(39)12-11-35(2)3/h4-10,13-15H,11-12,16H2,1-3H3,(H,32,37)(H,34,38). The predicted molar refractivity (Wildman–Crippen MR) is 158 cm³/mol. The van der Waals surface area contributed by atoms with E-state index in [1.165, 1.54) is 12.3 Å². The molecule has 0 bridgehead atoms. The highest BCUT2D eigenvalue weighted by atomic mass is 35.5. The SMILES string of the molecule is Cc1cc2c(-c3ccc[nH]c3=O)c(C(=O)NS(=O)CCN(C)C)n(Cc3cc4ccccc4nc3Cl)c2cc1F. The summed E-state index contributed by atoms with van der Waals surface area (Å²) in [7, 11) is 1.98. The number of aromatic amines is 1. The van der Waals surface area contributed by atoms with E-state index in [9.17, 15) is 18.2 Å². The Balaban J connectivity index is 1.76. The van der Waals surface area contributed by atoms with Crippen LogP contribution in [0.25, 0.3) is 32.9 Å². The molecule has 1 unspecified atom stereocenters. The molecule has 11 heteroatoms. The molecule has 2 aromatic carbocycles. The van der Waals surface area contributed by atoms with Gasteiger partial charge in [0.1, 0.15) is 27.6 Å². The number of carbonyl (C=O) groups excluding carboxylic acids is 1. The van der Waals surface area contributed by atoms with Crippen molar-refractivity contribution in [2.45, 2.75) is 13.5 Å². The fraction of sp³-hybridized carbons (Fsp3) is 0.207. The number of H-pyrrole nitrogens is 1. The molecule has 1 amide bonds. The largest absolute Gasteiger partial charge is 0.331 e. The molecule has 206 valence electrons. The lowest BCUT2D eigenvalue weighted by Gasteiger charge is -2.15. The van der Waals surface area contributed by atoms with Gasteiger partial charge in [0.2, 0.25) is 0 Å². The van der Waals surface area contributed by atoms with Gasteiger partial charge in [-0.05, 0) is 63.0 Å². The normalized spacial score (nSPS) is 12.3. The van der Waals surface area contributed by atoms with Crippen molar-refractivity contribution < 1.29 is 13.4 Å². The Kier molecular flexibility index (Phi) is 7.84. The minimum absolute atomic E-state index is 0.0491. The van der Waals surface area contributed by atoms with Crippen LogP contribution >= 0.6 is 11.6 Å². The lowest BCUT2D eigenvalue weighted by Crippen LogP contribution is -2.33. The van der Waals surface area contributed by atoms with E-state index >= 15 is 0 Å². The minimum Gasteiger partial charge on any atom is -0.331 e. The Morgan fingerprint density at radius 3 is 2.70 bits per heavy atom. The summed E-state index contributed by atoms with van der Waals surface area (Å²) in [5, 5.41) is 1.58. The third-order valence-electron chi connectivity index (χ3n) is 6.66. The quantitative estimate of drug-likeness (QED) is 0.261. The maximum Gasteiger partial charge on any atom is 0.280 e. The molecule has 3 heterocycles. The Hall–Kier alpha value is -3.86. The second-order valence-electron chi connectivity index (χ2n) is 9.76. The van der Waals surface area contributed by atoms with Crippen LogP contribution in [0.4, 0.5) is 4.39 Å². The summed E-state index contributed by atoms with van der Waals surface area (Å²) in [6.07, 6.45) is 1.49.